The Morgan fingerprint density at radius 1 is 1.15 bits per heavy atom. The average Bonchev–Trinajstić information content (AvgIpc) is 2.63. The van der Waals surface area contributed by atoms with Crippen LogP contribution in [0, 0.1) is 0 Å². The van der Waals surface area contributed by atoms with Gasteiger partial charge in [0, 0.05) is 32.4 Å². The Bertz CT molecular complexity index is 755. The van der Waals surface area contributed by atoms with Gasteiger partial charge in [-0.05, 0) is 39.1 Å². The second-order valence-corrected chi connectivity index (χ2v) is 6.84. The van der Waals surface area contributed by atoms with E-state index >= 15 is 0 Å². The van der Waals surface area contributed by atoms with Crippen LogP contribution in [0.1, 0.15) is 24.2 Å². The number of piperazine rings is 1. The molecule has 1 aliphatic heterocycles. The first-order valence-electron chi connectivity index (χ1n) is 8.98. The SMILES string of the molecule is CC(C)Oc1ccccc1NC(=O)c1cncc(N2CCN(C)CC2)c1. The van der Waals surface area contributed by atoms with Gasteiger partial charge in [0.1, 0.15) is 5.75 Å². The first-order chi connectivity index (χ1) is 12.5. The highest BCUT2D eigenvalue weighted by atomic mass is 16.5. The van der Waals surface area contributed by atoms with Crippen LogP contribution in [0.4, 0.5) is 11.4 Å². The van der Waals surface area contributed by atoms with Gasteiger partial charge >= 0.3 is 0 Å². The number of ether oxygens (including phenoxy) is 1. The molecule has 6 nitrogen and oxygen atoms in total. The second-order valence-electron chi connectivity index (χ2n) is 6.84. The molecule has 0 saturated carbocycles. The van der Waals surface area contributed by atoms with Crippen molar-refractivity contribution in [2.24, 2.45) is 0 Å². The van der Waals surface area contributed by atoms with Gasteiger partial charge in [0.2, 0.25) is 0 Å². The van der Waals surface area contributed by atoms with Crippen molar-refractivity contribution in [3.63, 3.8) is 0 Å². The fourth-order valence-electron chi connectivity index (χ4n) is 2.91. The molecule has 0 unspecified atom stereocenters. The van der Waals surface area contributed by atoms with Gasteiger partial charge in [-0.2, -0.15) is 0 Å². The minimum absolute atomic E-state index is 0.0373. The number of likely N-dealkylation sites (N-methyl/N-ethyl adjacent to an activating group) is 1. The Hall–Kier alpha value is -2.60. The molecule has 1 saturated heterocycles. The lowest BCUT2D eigenvalue weighted by molar-refractivity contribution is 0.102. The van der Waals surface area contributed by atoms with Crippen LogP contribution in [-0.4, -0.2) is 55.1 Å². The van der Waals surface area contributed by atoms with Crippen molar-refractivity contribution in [2.75, 3.05) is 43.4 Å². The second kappa shape index (κ2) is 8.19. The van der Waals surface area contributed by atoms with Crippen LogP contribution in [0.15, 0.2) is 42.7 Å². The van der Waals surface area contributed by atoms with Crippen LogP contribution in [0.5, 0.6) is 5.75 Å². The lowest BCUT2D eigenvalue weighted by atomic mass is 10.2. The number of carbonyl (C=O) groups is 1. The number of pyridine rings is 1. The number of nitrogens with one attached hydrogen (secondary N) is 1. The van der Waals surface area contributed by atoms with Gasteiger partial charge in [0.05, 0.1) is 29.2 Å². The maximum atomic E-state index is 12.7. The predicted octanol–water partition coefficient (Wildman–Crippen LogP) is 2.87. The molecule has 0 spiro atoms. The van der Waals surface area contributed by atoms with Gasteiger partial charge in [0.25, 0.3) is 5.91 Å². The Labute approximate surface area is 154 Å². The molecule has 1 amide bonds. The monoisotopic (exact) mass is 354 g/mol. The third-order valence-corrected chi connectivity index (χ3v) is 4.35. The summed E-state index contributed by atoms with van der Waals surface area (Å²) >= 11 is 0. The highest BCUT2D eigenvalue weighted by Gasteiger charge is 2.17. The molecular weight excluding hydrogens is 328 g/mol. The maximum absolute atomic E-state index is 12.7. The van der Waals surface area contributed by atoms with Crippen LogP contribution >= 0.6 is 0 Å². The van der Waals surface area contributed by atoms with E-state index in [1.165, 1.54) is 0 Å². The summed E-state index contributed by atoms with van der Waals surface area (Å²) in [5.74, 6) is 0.479. The summed E-state index contributed by atoms with van der Waals surface area (Å²) < 4.78 is 5.77. The van der Waals surface area contributed by atoms with Crippen LogP contribution < -0.4 is 15.0 Å². The van der Waals surface area contributed by atoms with E-state index in [1.54, 1.807) is 6.20 Å². The molecule has 1 fully saturated rings. The summed E-state index contributed by atoms with van der Waals surface area (Å²) in [6, 6.07) is 9.37. The third kappa shape index (κ3) is 4.52. The van der Waals surface area contributed by atoms with Crippen molar-refractivity contribution < 1.29 is 9.53 Å². The van der Waals surface area contributed by atoms with Gasteiger partial charge in [-0.1, -0.05) is 12.1 Å². The third-order valence-electron chi connectivity index (χ3n) is 4.35. The van der Waals surface area contributed by atoms with Crippen LogP contribution in [0.25, 0.3) is 0 Å². The summed E-state index contributed by atoms with van der Waals surface area (Å²) in [5, 5.41) is 2.94. The number of hydrogen-bond donors (Lipinski definition) is 1. The van der Waals surface area contributed by atoms with Crippen LogP contribution in [0.3, 0.4) is 0 Å². The molecule has 1 aliphatic rings. The number of hydrogen-bond acceptors (Lipinski definition) is 5. The fraction of sp³-hybridized carbons (Fsp3) is 0.400. The fourth-order valence-corrected chi connectivity index (χ4v) is 2.91. The van der Waals surface area contributed by atoms with E-state index in [1.807, 2.05) is 50.4 Å². The molecule has 1 aromatic carbocycles. The van der Waals surface area contributed by atoms with Crippen molar-refractivity contribution in [3.05, 3.63) is 48.3 Å². The van der Waals surface area contributed by atoms with Gasteiger partial charge in [-0.25, -0.2) is 0 Å². The zero-order valence-electron chi connectivity index (χ0n) is 15.6. The first kappa shape index (κ1) is 18.2. The number of para-hydroxylation sites is 2. The van der Waals surface area contributed by atoms with E-state index in [4.69, 9.17) is 4.74 Å². The summed E-state index contributed by atoms with van der Waals surface area (Å²) in [6.45, 7) is 7.82. The minimum Gasteiger partial charge on any atom is -0.489 e. The molecule has 0 radical (unpaired) electrons. The zero-order valence-corrected chi connectivity index (χ0v) is 15.6. The molecule has 2 aromatic rings. The lowest BCUT2D eigenvalue weighted by Crippen LogP contribution is -2.44. The Morgan fingerprint density at radius 2 is 1.88 bits per heavy atom. The molecule has 1 N–H and O–H groups in total. The predicted molar refractivity (Wildman–Crippen MR) is 104 cm³/mol. The van der Waals surface area contributed by atoms with Gasteiger partial charge in [0.15, 0.2) is 0 Å². The minimum atomic E-state index is -0.187. The van der Waals surface area contributed by atoms with Crippen LogP contribution in [0.2, 0.25) is 0 Å². The Kier molecular flexibility index (Phi) is 5.73. The molecule has 138 valence electrons. The standard InChI is InChI=1S/C20H26N4O2/c1-15(2)26-19-7-5-4-6-18(19)22-20(25)16-12-17(14-21-13-16)24-10-8-23(3)9-11-24/h4-7,12-15H,8-11H2,1-3H3,(H,22,25). The zero-order chi connectivity index (χ0) is 18.5. The number of rotatable bonds is 5. The normalized spacial score (nSPS) is 15.2. The van der Waals surface area contributed by atoms with E-state index in [0.717, 1.165) is 31.9 Å². The molecule has 3 rings (SSSR count). The van der Waals surface area contributed by atoms with Crippen LogP contribution in [-0.2, 0) is 0 Å². The molecular formula is C20H26N4O2. The van der Waals surface area contributed by atoms with E-state index in [0.29, 0.717) is 17.0 Å². The number of anilines is 2. The topological polar surface area (TPSA) is 57.7 Å². The summed E-state index contributed by atoms with van der Waals surface area (Å²) in [7, 11) is 2.12. The number of amides is 1. The van der Waals surface area contributed by atoms with Crippen molar-refractivity contribution >= 4 is 17.3 Å². The van der Waals surface area contributed by atoms with Crippen molar-refractivity contribution in [3.8, 4) is 5.75 Å². The van der Waals surface area contributed by atoms with Gasteiger partial charge in [-0.15, -0.1) is 0 Å². The van der Waals surface area contributed by atoms with Gasteiger partial charge in [-0.3, -0.25) is 9.78 Å². The Morgan fingerprint density at radius 3 is 2.62 bits per heavy atom. The van der Waals surface area contributed by atoms with E-state index in [-0.39, 0.29) is 12.0 Å². The summed E-state index contributed by atoms with van der Waals surface area (Å²) in [4.78, 5) is 21.5. The molecule has 0 aliphatic carbocycles. The smallest absolute Gasteiger partial charge is 0.257 e. The van der Waals surface area contributed by atoms with E-state index < -0.39 is 0 Å². The highest BCUT2D eigenvalue weighted by Crippen LogP contribution is 2.26. The largest absolute Gasteiger partial charge is 0.489 e. The molecule has 6 heteroatoms. The van der Waals surface area contributed by atoms with Crippen molar-refractivity contribution in [1.82, 2.24) is 9.88 Å². The van der Waals surface area contributed by atoms with E-state index in [9.17, 15) is 4.79 Å². The average molecular weight is 354 g/mol. The highest BCUT2D eigenvalue weighted by molar-refractivity contribution is 6.05. The summed E-state index contributed by atoms with van der Waals surface area (Å²) in [6.07, 6.45) is 3.45. The van der Waals surface area contributed by atoms with Crippen molar-refractivity contribution in [2.45, 2.75) is 20.0 Å². The number of nitrogens with zero attached hydrogens (tertiary/aromatic N) is 3. The van der Waals surface area contributed by atoms with Crippen molar-refractivity contribution in [1.29, 1.82) is 0 Å². The first-order valence-corrected chi connectivity index (χ1v) is 8.98. The maximum Gasteiger partial charge on any atom is 0.257 e. The molecule has 1 aromatic heterocycles. The summed E-state index contributed by atoms with van der Waals surface area (Å²) in [5.41, 5.74) is 2.19. The number of benzene rings is 1. The lowest BCUT2D eigenvalue weighted by Gasteiger charge is -2.33. The van der Waals surface area contributed by atoms with Gasteiger partial charge < -0.3 is 19.9 Å². The van der Waals surface area contributed by atoms with E-state index in [2.05, 4.69) is 27.1 Å². The number of carbonyl (C=O) groups excluding carboxylic acids is 1. The molecule has 0 atom stereocenters. The quantitative estimate of drug-likeness (QED) is 0.895. The molecule has 0 bridgehead atoms. The number of aromatic nitrogens is 1. The molecule has 2 heterocycles. The Balaban J connectivity index is 1.74. The molecule has 26 heavy (non-hydrogen) atoms.